The summed E-state index contributed by atoms with van der Waals surface area (Å²) in [6.07, 6.45) is 0.951. The molecule has 0 unspecified atom stereocenters. The maximum absolute atomic E-state index is 11.1. The molecule has 0 atom stereocenters. The Morgan fingerprint density at radius 2 is 2.20 bits per heavy atom. The highest BCUT2D eigenvalue weighted by molar-refractivity contribution is 5.66. The van der Waals surface area contributed by atoms with Crippen molar-refractivity contribution in [2.24, 2.45) is 0 Å². The van der Waals surface area contributed by atoms with Gasteiger partial charge in [0.2, 0.25) is 0 Å². The summed E-state index contributed by atoms with van der Waals surface area (Å²) in [6.45, 7) is 1.45. The van der Waals surface area contributed by atoms with E-state index < -0.39 is 5.97 Å². The average Bonchev–Trinajstić information content (AvgIpc) is 1.79. The Hall–Kier alpha value is -0.610. The summed E-state index contributed by atoms with van der Waals surface area (Å²) in [5.74, 6) is -0.875. The fourth-order valence-corrected chi connectivity index (χ4v) is 1.03. The van der Waals surface area contributed by atoms with Gasteiger partial charge in [-0.15, -0.1) is 0 Å². The van der Waals surface area contributed by atoms with Crippen LogP contribution in [0.15, 0.2) is 0 Å². The molecule has 0 amide bonds. The zero-order valence-electron chi connectivity index (χ0n) is 5.75. The molecule has 0 bridgehead atoms. The van der Waals surface area contributed by atoms with Crippen molar-refractivity contribution < 1.29 is 14.5 Å². The first kappa shape index (κ1) is 7.50. The van der Waals surface area contributed by atoms with Crippen molar-refractivity contribution in [2.75, 3.05) is 19.6 Å². The number of rotatable bonds is 3. The predicted molar refractivity (Wildman–Crippen MR) is 35.1 cm³/mol. The predicted octanol–water partition coefficient (Wildman–Crippen LogP) is 0.179. The Morgan fingerprint density at radius 1 is 1.60 bits per heavy atom. The summed E-state index contributed by atoms with van der Waals surface area (Å²) < 4.78 is -0.285. The standard InChI is InChI=1S/C6H11NO3/c8-6(9)2-5-7(10)3-1-4-7/h1-5H2,(H,8,9). The summed E-state index contributed by atoms with van der Waals surface area (Å²) in [4.78, 5) is 10.0. The molecule has 1 N–H and O–H groups in total. The van der Waals surface area contributed by atoms with E-state index in [9.17, 15) is 10.0 Å². The second-order valence-corrected chi connectivity index (χ2v) is 2.73. The highest BCUT2D eigenvalue weighted by Crippen LogP contribution is 2.17. The summed E-state index contributed by atoms with van der Waals surface area (Å²) in [7, 11) is 0. The summed E-state index contributed by atoms with van der Waals surface area (Å²) in [5.41, 5.74) is 0. The Kier molecular flexibility index (Phi) is 1.92. The molecule has 0 aromatic carbocycles. The van der Waals surface area contributed by atoms with Crippen LogP contribution in [-0.2, 0) is 4.79 Å². The van der Waals surface area contributed by atoms with Crippen molar-refractivity contribution in [3.05, 3.63) is 5.21 Å². The smallest absolute Gasteiger partial charge is 0.309 e. The molecule has 10 heavy (non-hydrogen) atoms. The van der Waals surface area contributed by atoms with Crippen LogP contribution in [0.1, 0.15) is 12.8 Å². The van der Waals surface area contributed by atoms with Crippen molar-refractivity contribution in [3.63, 3.8) is 0 Å². The van der Waals surface area contributed by atoms with Crippen LogP contribution in [0.25, 0.3) is 0 Å². The second-order valence-electron chi connectivity index (χ2n) is 2.73. The minimum Gasteiger partial charge on any atom is -0.633 e. The molecule has 1 saturated heterocycles. The molecule has 1 fully saturated rings. The summed E-state index contributed by atoms with van der Waals surface area (Å²) >= 11 is 0. The lowest BCUT2D eigenvalue weighted by Crippen LogP contribution is -2.53. The highest BCUT2D eigenvalue weighted by atomic mass is 16.5. The van der Waals surface area contributed by atoms with E-state index in [0.29, 0.717) is 13.1 Å². The van der Waals surface area contributed by atoms with Crippen LogP contribution >= 0.6 is 0 Å². The minimum absolute atomic E-state index is 0.00347. The lowest BCUT2D eigenvalue weighted by atomic mass is 10.2. The molecule has 4 heteroatoms. The van der Waals surface area contributed by atoms with Crippen LogP contribution in [-0.4, -0.2) is 35.4 Å². The first-order chi connectivity index (χ1) is 4.62. The van der Waals surface area contributed by atoms with Gasteiger partial charge in [0.25, 0.3) is 0 Å². The first-order valence-electron chi connectivity index (χ1n) is 3.41. The third-order valence-corrected chi connectivity index (χ3v) is 1.86. The van der Waals surface area contributed by atoms with Gasteiger partial charge in [0, 0.05) is 6.42 Å². The van der Waals surface area contributed by atoms with Gasteiger partial charge in [0.1, 0.15) is 0 Å². The first-order valence-corrected chi connectivity index (χ1v) is 3.41. The van der Waals surface area contributed by atoms with Crippen LogP contribution in [0.2, 0.25) is 0 Å². The normalized spacial score (nSPS) is 21.7. The lowest BCUT2D eigenvalue weighted by Gasteiger charge is -2.49. The molecule has 0 aromatic heterocycles. The van der Waals surface area contributed by atoms with Gasteiger partial charge in [-0.1, -0.05) is 0 Å². The van der Waals surface area contributed by atoms with E-state index in [4.69, 9.17) is 5.11 Å². The van der Waals surface area contributed by atoms with Crippen molar-refractivity contribution in [1.82, 2.24) is 0 Å². The van der Waals surface area contributed by atoms with Crippen LogP contribution in [0.3, 0.4) is 0 Å². The molecule has 1 aliphatic heterocycles. The molecule has 1 aliphatic rings. The van der Waals surface area contributed by atoms with E-state index >= 15 is 0 Å². The van der Waals surface area contributed by atoms with Gasteiger partial charge in [0.05, 0.1) is 26.1 Å². The zero-order chi connectivity index (χ0) is 7.61. The largest absolute Gasteiger partial charge is 0.633 e. The average molecular weight is 145 g/mol. The van der Waals surface area contributed by atoms with Crippen LogP contribution in [0.4, 0.5) is 0 Å². The number of likely N-dealkylation sites (tertiary alicyclic amines) is 1. The number of carbonyl (C=O) groups is 1. The molecule has 0 saturated carbocycles. The zero-order valence-corrected chi connectivity index (χ0v) is 5.75. The number of quaternary nitrogens is 1. The molecule has 0 spiro atoms. The molecule has 4 nitrogen and oxygen atoms in total. The highest BCUT2D eigenvalue weighted by Gasteiger charge is 2.26. The second kappa shape index (κ2) is 2.56. The fourth-order valence-electron chi connectivity index (χ4n) is 1.03. The number of carboxylic acids is 1. The Morgan fingerprint density at radius 3 is 2.50 bits per heavy atom. The van der Waals surface area contributed by atoms with E-state index in [1.807, 2.05) is 0 Å². The number of hydrogen-bond donors (Lipinski definition) is 1. The number of hydroxylamine groups is 3. The van der Waals surface area contributed by atoms with Gasteiger partial charge in [-0.3, -0.25) is 4.79 Å². The van der Waals surface area contributed by atoms with Gasteiger partial charge in [-0.25, -0.2) is 0 Å². The minimum atomic E-state index is -0.875. The third-order valence-electron chi connectivity index (χ3n) is 1.86. The summed E-state index contributed by atoms with van der Waals surface area (Å²) in [5, 5.41) is 19.4. The Bertz CT molecular complexity index is 142. The number of carboxylic acid groups (broad SMARTS) is 1. The van der Waals surface area contributed by atoms with Crippen LogP contribution < -0.4 is 0 Å². The van der Waals surface area contributed by atoms with Crippen molar-refractivity contribution >= 4 is 5.97 Å². The number of hydrogen-bond acceptors (Lipinski definition) is 2. The lowest BCUT2D eigenvalue weighted by molar-refractivity contribution is -0.918. The number of aliphatic carboxylic acids is 1. The van der Waals surface area contributed by atoms with E-state index in [0.717, 1.165) is 6.42 Å². The van der Waals surface area contributed by atoms with Crippen molar-refractivity contribution in [3.8, 4) is 0 Å². The quantitative estimate of drug-likeness (QED) is 0.455. The third kappa shape index (κ3) is 1.68. The summed E-state index contributed by atoms with van der Waals surface area (Å²) in [6, 6.07) is 0. The molecule has 0 aliphatic carbocycles. The molecule has 1 heterocycles. The van der Waals surface area contributed by atoms with Gasteiger partial charge in [-0.2, -0.15) is 0 Å². The topological polar surface area (TPSA) is 60.4 Å². The maximum atomic E-state index is 11.1. The molecule has 1 rings (SSSR count). The van der Waals surface area contributed by atoms with Gasteiger partial charge < -0.3 is 15.0 Å². The Balaban J connectivity index is 2.18. The Labute approximate surface area is 59.2 Å². The molecule has 0 aromatic rings. The van der Waals surface area contributed by atoms with E-state index in [-0.39, 0.29) is 17.6 Å². The maximum Gasteiger partial charge on any atom is 0.309 e. The van der Waals surface area contributed by atoms with E-state index in [2.05, 4.69) is 0 Å². The number of nitrogens with zero attached hydrogens (tertiary/aromatic N) is 1. The molecule has 0 radical (unpaired) electrons. The molecule has 58 valence electrons. The SMILES string of the molecule is O=C(O)CC[N+]1([O-])CCC1. The monoisotopic (exact) mass is 145 g/mol. The molecular weight excluding hydrogens is 134 g/mol. The van der Waals surface area contributed by atoms with Crippen LogP contribution in [0, 0.1) is 5.21 Å². The van der Waals surface area contributed by atoms with E-state index in [1.54, 1.807) is 0 Å². The van der Waals surface area contributed by atoms with Gasteiger partial charge in [-0.05, 0) is 0 Å². The van der Waals surface area contributed by atoms with Crippen LogP contribution in [0.5, 0.6) is 0 Å². The molecular formula is C6H11NO3. The van der Waals surface area contributed by atoms with Gasteiger partial charge in [0.15, 0.2) is 0 Å². The van der Waals surface area contributed by atoms with Gasteiger partial charge >= 0.3 is 5.97 Å². The van der Waals surface area contributed by atoms with Crippen molar-refractivity contribution in [1.29, 1.82) is 0 Å². The van der Waals surface area contributed by atoms with Crippen molar-refractivity contribution in [2.45, 2.75) is 12.8 Å². The fraction of sp³-hybridized carbons (Fsp3) is 0.833. The van der Waals surface area contributed by atoms with E-state index in [1.165, 1.54) is 0 Å².